The summed E-state index contributed by atoms with van der Waals surface area (Å²) in [5.74, 6) is 0. The minimum Gasteiger partial charge on any atom is -0.312 e. The third kappa shape index (κ3) is 1.56. The molecular formula is C3H8NO3P. The Morgan fingerprint density at radius 2 is 2.50 bits per heavy atom. The Labute approximate surface area is 47.4 Å². The Balaban J connectivity index is 2.45. The van der Waals surface area contributed by atoms with Gasteiger partial charge in [-0.25, -0.2) is 9.65 Å². The lowest BCUT2D eigenvalue weighted by Gasteiger charge is -2.17. The first-order chi connectivity index (χ1) is 3.71. The molecule has 0 aromatic carbocycles. The number of nitrogens with one attached hydrogen (secondary N) is 1. The van der Waals surface area contributed by atoms with Crippen LogP contribution in [0.1, 0.15) is 6.42 Å². The molecule has 1 fully saturated rings. The summed E-state index contributed by atoms with van der Waals surface area (Å²) in [4.78, 5) is 8.60. The maximum absolute atomic E-state index is 10.5. The van der Waals surface area contributed by atoms with Crippen LogP contribution in [0.15, 0.2) is 0 Å². The molecule has 1 unspecified atom stereocenters. The molecule has 0 aromatic heterocycles. The van der Waals surface area contributed by atoms with Crippen LogP contribution in [-0.2, 0) is 9.09 Å². The molecule has 1 saturated heterocycles. The number of hydrogen-bond donors (Lipinski definition) is 2. The van der Waals surface area contributed by atoms with Crippen molar-refractivity contribution >= 4 is 7.75 Å². The smallest absolute Gasteiger partial charge is 0.312 e. The molecule has 1 aliphatic heterocycles. The molecule has 0 amide bonds. The van der Waals surface area contributed by atoms with E-state index in [0.29, 0.717) is 13.2 Å². The molecule has 1 heterocycles. The van der Waals surface area contributed by atoms with Gasteiger partial charge >= 0.3 is 7.75 Å². The molecule has 2 N–H and O–H groups in total. The molecule has 0 saturated carbocycles. The summed E-state index contributed by atoms with van der Waals surface area (Å²) in [5.41, 5.74) is 0. The zero-order valence-corrected chi connectivity index (χ0v) is 5.23. The Kier molecular flexibility index (Phi) is 1.68. The highest BCUT2D eigenvalue weighted by Crippen LogP contribution is 2.38. The lowest BCUT2D eigenvalue weighted by atomic mass is 10.5. The van der Waals surface area contributed by atoms with Gasteiger partial charge in [0, 0.05) is 6.54 Å². The first kappa shape index (κ1) is 6.23. The van der Waals surface area contributed by atoms with Gasteiger partial charge in [0.05, 0.1) is 6.61 Å². The van der Waals surface area contributed by atoms with Gasteiger partial charge in [0.1, 0.15) is 0 Å². The zero-order chi connectivity index (χ0) is 6.04. The maximum atomic E-state index is 10.5. The van der Waals surface area contributed by atoms with Gasteiger partial charge < -0.3 is 4.89 Å². The fourth-order valence-electron chi connectivity index (χ4n) is 0.526. The van der Waals surface area contributed by atoms with Crippen LogP contribution in [0.25, 0.3) is 0 Å². The third-order valence-electron chi connectivity index (χ3n) is 0.899. The molecule has 0 spiro atoms. The molecule has 0 bridgehead atoms. The van der Waals surface area contributed by atoms with Gasteiger partial charge in [-0.05, 0) is 6.42 Å². The van der Waals surface area contributed by atoms with E-state index >= 15 is 0 Å². The van der Waals surface area contributed by atoms with Crippen LogP contribution in [0.2, 0.25) is 0 Å². The van der Waals surface area contributed by atoms with Crippen molar-refractivity contribution in [2.24, 2.45) is 0 Å². The minimum atomic E-state index is -3.34. The van der Waals surface area contributed by atoms with E-state index < -0.39 is 7.75 Å². The summed E-state index contributed by atoms with van der Waals surface area (Å²) in [6.45, 7) is 0.967. The van der Waals surface area contributed by atoms with Crippen LogP contribution in [-0.4, -0.2) is 18.0 Å². The van der Waals surface area contributed by atoms with E-state index in [1.807, 2.05) is 0 Å². The normalized spacial score (nSPS) is 39.6. The predicted molar refractivity (Wildman–Crippen MR) is 28.4 cm³/mol. The predicted octanol–water partition coefficient (Wildman–Crippen LogP) is 0.0967. The van der Waals surface area contributed by atoms with Gasteiger partial charge in [0.15, 0.2) is 0 Å². The molecule has 4 nitrogen and oxygen atoms in total. The standard InChI is InChI=1S/C3H8NO3P/c5-8(6)4-2-1-3-7-8/h1-3H2,(H2,4,5,6). The summed E-state index contributed by atoms with van der Waals surface area (Å²) >= 11 is 0. The SMILES string of the molecule is O=P1(O)NCCCO1. The minimum absolute atomic E-state index is 0.390. The third-order valence-corrected chi connectivity index (χ3v) is 2.05. The molecule has 8 heavy (non-hydrogen) atoms. The van der Waals surface area contributed by atoms with E-state index in [1.165, 1.54) is 0 Å². The van der Waals surface area contributed by atoms with Crippen molar-refractivity contribution < 1.29 is 14.0 Å². The number of hydrogen-bond acceptors (Lipinski definition) is 2. The van der Waals surface area contributed by atoms with Crippen LogP contribution in [0, 0.1) is 0 Å². The van der Waals surface area contributed by atoms with Crippen LogP contribution in [0.5, 0.6) is 0 Å². The van der Waals surface area contributed by atoms with Crippen LogP contribution in [0.3, 0.4) is 0 Å². The molecule has 5 heteroatoms. The van der Waals surface area contributed by atoms with E-state index in [0.717, 1.165) is 6.42 Å². The summed E-state index contributed by atoms with van der Waals surface area (Å²) < 4.78 is 14.9. The second kappa shape index (κ2) is 2.15. The lowest BCUT2D eigenvalue weighted by Crippen LogP contribution is -2.20. The largest absolute Gasteiger partial charge is 0.402 e. The Morgan fingerprint density at radius 1 is 1.75 bits per heavy atom. The van der Waals surface area contributed by atoms with Crippen molar-refractivity contribution in [2.75, 3.05) is 13.2 Å². The van der Waals surface area contributed by atoms with Gasteiger partial charge in [-0.3, -0.25) is 4.52 Å². The Morgan fingerprint density at radius 3 is 2.75 bits per heavy atom. The van der Waals surface area contributed by atoms with E-state index in [4.69, 9.17) is 4.89 Å². The highest BCUT2D eigenvalue weighted by molar-refractivity contribution is 7.50. The number of rotatable bonds is 0. The van der Waals surface area contributed by atoms with E-state index in [-0.39, 0.29) is 0 Å². The summed E-state index contributed by atoms with van der Waals surface area (Å²) in [6.07, 6.45) is 0.810. The Bertz CT molecular complexity index is 116. The summed E-state index contributed by atoms with van der Waals surface area (Å²) in [6, 6.07) is 0. The van der Waals surface area contributed by atoms with Crippen LogP contribution >= 0.6 is 7.75 Å². The van der Waals surface area contributed by atoms with Crippen molar-refractivity contribution in [3.8, 4) is 0 Å². The first-order valence-electron chi connectivity index (χ1n) is 2.43. The fourth-order valence-corrected chi connectivity index (χ4v) is 1.43. The van der Waals surface area contributed by atoms with Crippen molar-refractivity contribution in [1.29, 1.82) is 0 Å². The van der Waals surface area contributed by atoms with Crippen molar-refractivity contribution in [1.82, 2.24) is 5.09 Å². The van der Waals surface area contributed by atoms with E-state index in [2.05, 4.69) is 9.61 Å². The molecule has 0 aliphatic carbocycles. The second-order valence-electron chi connectivity index (χ2n) is 1.62. The molecule has 1 rings (SSSR count). The van der Waals surface area contributed by atoms with Gasteiger partial charge in [0.2, 0.25) is 0 Å². The lowest BCUT2D eigenvalue weighted by molar-refractivity contribution is 0.226. The fraction of sp³-hybridized carbons (Fsp3) is 1.00. The zero-order valence-electron chi connectivity index (χ0n) is 4.33. The van der Waals surface area contributed by atoms with Crippen LogP contribution < -0.4 is 5.09 Å². The highest BCUT2D eigenvalue weighted by atomic mass is 31.2. The van der Waals surface area contributed by atoms with Crippen molar-refractivity contribution in [2.45, 2.75) is 6.42 Å². The van der Waals surface area contributed by atoms with Gasteiger partial charge in [-0.1, -0.05) is 0 Å². The summed E-state index contributed by atoms with van der Waals surface area (Å²) in [7, 11) is -3.34. The molecule has 48 valence electrons. The quantitative estimate of drug-likeness (QED) is 0.465. The molecule has 0 radical (unpaired) electrons. The maximum Gasteiger partial charge on any atom is 0.402 e. The van der Waals surface area contributed by atoms with E-state index in [9.17, 15) is 4.57 Å². The highest BCUT2D eigenvalue weighted by Gasteiger charge is 2.21. The second-order valence-corrected chi connectivity index (χ2v) is 3.23. The molecular weight excluding hydrogens is 129 g/mol. The molecule has 1 atom stereocenters. The van der Waals surface area contributed by atoms with Gasteiger partial charge in [-0.2, -0.15) is 0 Å². The average Bonchev–Trinajstić information content (AvgIpc) is 1.65. The topological polar surface area (TPSA) is 58.6 Å². The Hall–Kier alpha value is 0.110. The summed E-state index contributed by atoms with van der Waals surface area (Å²) in [5, 5.41) is 2.35. The first-order valence-corrected chi connectivity index (χ1v) is 4.01. The molecule has 1 aliphatic rings. The van der Waals surface area contributed by atoms with Crippen LogP contribution in [0.4, 0.5) is 0 Å². The molecule has 0 aromatic rings. The van der Waals surface area contributed by atoms with Gasteiger partial charge in [-0.15, -0.1) is 0 Å². The average molecular weight is 137 g/mol. The monoisotopic (exact) mass is 137 g/mol. The van der Waals surface area contributed by atoms with Crippen molar-refractivity contribution in [3.05, 3.63) is 0 Å². The van der Waals surface area contributed by atoms with E-state index in [1.54, 1.807) is 0 Å². The van der Waals surface area contributed by atoms with Gasteiger partial charge in [0.25, 0.3) is 0 Å². The van der Waals surface area contributed by atoms with Crippen molar-refractivity contribution in [3.63, 3.8) is 0 Å².